The monoisotopic (exact) mass is 401 g/mol. The Kier molecular flexibility index (Phi) is 5.98. The molecule has 0 saturated carbocycles. The Morgan fingerprint density at radius 2 is 1.86 bits per heavy atom. The van der Waals surface area contributed by atoms with Gasteiger partial charge in [0.05, 0.1) is 13.2 Å². The zero-order valence-electron chi connectivity index (χ0n) is 17.1. The van der Waals surface area contributed by atoms with Crippen LogP contribution in [0.3, 0.4) is 0 Å². The summed E-state index contributed by atoms with van der Waals surface area (Å²) in [7, 11) is 1.56. The van der Waals surface area contributed by atoms with E-state index >= 15 is 0 Å². The first kappa shape index (κ1) is 20.9. The van der Waals surface area contributed by atoms with Gasteiger partial charge in [0.25, 0.3) is 0 Å². The summed E-state index contributed by atoms with van der Waals surface area (Å²) in [4.78, 5) is 26.6. The number of carboxylic acid groups (broad SMARTS) is 1. The number of hydrogen-bond acceptors (Lipinski definition) is 5. The number of benzene rings is 1. The van der Waals surface area contributed by atoms with Crippen molar-refractivity contribution in [1.29, 1.82) is 0 Å². The van der Waals surface area contributed by atoms with E-state index in [0.717, 1.165) is 0 Å². The molecule has 1 aromatic rings. The molecular formula is C22H27NO6. The fourth-order valence-corrected chi connectivity index (χ4v) is 3.61. The normalized spacial score (nSPS) is 26.4. The van der Waals surface area contributed by atoms with Gasteiger partial charge in [-0.05, 0) is 39.3 Å². The molecular weight excluding hydrogens is 374 g/mol. The van der Waals surface area contributed by atoms with E-state index in [9.17, 15) is 14.7 Å². The zero-order chi connectivity index (χ0) is 21.2. The summed E-state index contributed by atoms with van der Waals surface area (Å²) in [6.45, 7) is 5.32. The van der Waals surface area contributed by atoms with E-state index in [1.165, 1.54) is 4.90 Å². The van der Waals surface area contributed by atoms with E-state index in [2.05, 4.69) is 0 Å². The Hall–Kier alpha value is -2.80. The van der Waals surface area contributed by atoms with Gasteiger partial charge in [0, 0.05) is 11.5 Å². The molecule has 2 aliphatic rings. The fourth-order valence-electron chi connectivity index (χ4n) is 3.61. The maximum atomic E-state index is 13.2. The predicted molar refractivity (Wildman–Crippen MR) is 106 cm³/mol. The number of carboxylic acids is 1. The van der Waals surface area contributed by atoms with Gasteiger partial charge in [-0.2, -0.15) is 0 Å². The molecule has 2 unspecified atom stereocenters. The summed E-state index contributed by atoms with van der Waals surface area (Å²) in [5.41, 5.74) is -0.0730. The number of amides is 1. The molecule has 1 aliphatic carbocycles. The zero-order valence-corrected chi connectivity index (χ0v) is 17.1. The number of carbonyl (C=O) groups is 2. The van der Waals surface area contributed by atoms with Crippen molar-refractivity contribution in [3.05, 3.63) is 54.1 Å². The number of aliphatic carboxylic acids is 1. The largest absolute Gasteiger partial charge is 0.497 e. The molecule has 1 amide bonds. The van der Waals surface area contributed by atoms with Crippen LogP contribution in [0.5, 0.6) is 5.75 Å². The third-order valence-electron chi connectivity index (χ3n) is 4.86. The van der Waals surface area contributed by atoms with Gasteiger partial charge in [0.2, 0.25) is 0 Å². The molecule has 1 aliphatic heterocycles. The highest BCUT2D eigenvalue weighted by Crippen LogP contribution is 2.41. The van der Waals surface area contributed by atoms with Gasteiger partial charge in [-0.15, -0.1) is 0 Å². The number of nitrogens with zero attached hydrogens (tertiary/aromatic N) is 1. The van der Waals surface area contributed by atoms with Crippen molar-refractivity contribution in [3.63, 3.8) is 0 Å². The number of methoxy groups -OCH3 is 1. The van der Waals surface area contributed by atoms with Crippen LogP contribution in [0, 0.1) is 5.92 Å². The van der Waals surface area contributed by atoms with Gasteiger partial charge in [-0.25, -0.2) is 9.59 Å². The highest BCUT2D eigenvalue weighted by molar-refractivity contribution is 5.77. The average Bonchev–Trinajstić information content (AvgIpc) is 3.08. The quantitative estimate of drug-likeness (QED) is 0.823. The minimum absolute atomic E-state index is 0.197. The van der Waals surface area contributed by atoms with Crippen LogP contribution in [-0.2, 0) is 14.3 Å². The lowest BCUT2D eigenvalue weighted by molar-refractivity contribution is -0.150. The van der Waals surface area contributed by atoms with Crippen molar-refractivity contribution in [2.45, 2.75) is 51.2 Å². The summed E-state index contributed by atoms with van der Waals surface area (Å²) >= 11 is 0. The number of allylic oxidation sites excluding steroid dienone is 3. The molecule has 0 spiro atoms. The minimum atomic E-state index is -1.17. The Balaban J connectivity index is 2.02. The van der Waals surface area contributed by atoms with Gasteiger partial charge in [0.15, 0.2) is 12.3 Å². The summed E-state index contributed by atoms with van der Waals surface area (Å²) in [5.74, 6) is -0.651. The Morgan fingerprint density at radius 3 is 2.38 bits per heavy atom. The third-order valence-corrected chi connectivity index (χ3v) is 4.86. The molecule has 1 fully saturated rings. The predicted octanol–water partition coefficient (Wildman–Crippen LogP) is 3.92. The van der Waals surface area contributed by atoms with Crippen molar-refractivity contribution in [3.8, 4) is 5.75 Å². The molecule has 1 N–H and O–H groups in total. The summed E-state index contributed by atoms with van der Waals surface area (Å²) in [6.07, 6.45) is 5.60. The van der Waals surface area contributed by atoms with Crippen LogP contribution in [-0.4, -0.2) is 46.9 Å². The number of ether oxygens (including phenoxy) is 3. The van der Waals surface area contributed by atoms with Crippen LogP contribution in [0.2, 0.25) is 0 Å². The second-order valence-corrected chi connectivity index (χ2v) is 8.11. The van der Waals surface area contributed by atoms with Crippen LogP contribution in [0.4, 0.5) is 4.79 Å². The van der Waals surface area contributed by atoms with E-state index in [1.54, 1.807) is 52.1 Å². The molecule has 1 aromatic carbocycles. The Labute approximate surface area is 170 Å². The first-order valence-corrected chi connectivity index (χ1v) is 9.58. The molecule has 7 nitrogen and oxygen atoms in total. The first-order chi connectivity index (χ1) is 13.7. The summed E-state index contributed by atoms with van der Waals surface area (Å²) in [5, 5.41) is 9.83. The van der Waals surface area contributed by atoms with Gasteiger partial charge in [-0.1, -0.05) is 36.4 Å². The molecule has 1 heterocycles. The van der Waals surface area contributed by atoms with Crippen LogP contribution < -0.4 is 4.74 Å². The fraction of sp³-hybridized carbons (Fsp3) is 0.455. The molecule has 3 rings (SSSR count). The molecule has 7 heteroatoms. The van der Waals surface area contributed by atoms with E-state index < -0.39 is 36.0 Å². The molecule has 156 valence electrons. The van der Waals surface area contributed by atoms with Crippen molar-refractivity contribution < 1.29 is 28.9 Å². The van der Waals surface area contributed by atoms with Crippen LogP contribution in [0.15, 0.2) is 48.6 Å². The highest BCUT2D eigenvalue weighted by Gasteiger charge is 2.52. The van der Waals surface area contributed by atoms with Crippen molar-refractivity contribution in [2.24, 2.45) is 5.92 Å². The lowest BCUT2D eigenvalue weighted by atomic mass is 9.88. The summed E-state index contributed by atoms with van der Waals surface area (Å²) in [6, 6.07) is 6.32. The van der Waals surface area contributed by atoms with Gasteiger partial charge >= 0.3 is 12.1 Å². The molecule has 1 saturated heterocycles. The number of carbonyl (C=O) groups excluding carboxylic acids is 1. The lowest BCUT2D eigenvalue weighted by Gasteiger charge is -2.34. The average molecular weight is 401 g/mol. The molecule has 29 heavy (non-hydrogen) atoms. The van der Waals surface area contributed by atoms with E-state index in [1.807, 2.05) is 24.3 Å². The molecule has 0 bridgehead atoms. The van der Waals surface area contributed by atoms with Crippen molar-refractivity contribution in [1.82, 2.24) is 4.90 Å². The smallest absolute Gasteiger partial charge is 0.413 e. The second kappa shape index (κ2) is 8.29. The third kappa shape index (κ3) is 4.62. The maximum Gasteiger partial charge on any atom is 0.413 e. The maximum absolute atomic E-state index is 13.2. The standard InChI is InChI=1S/C22H27NO6/c1-22(2,3)29-21(26)23-17(14-8-6-5-7-9-14)18(20(24)25)28-19(23)15-10-12-16(27-4)13-11-15/h5-8,10-14,17-19H,9H2,1-4H3,(H,24,25)/t14?,17-,18+,19?/m0/s1. The number of rotatable bonds is 4. The number of hydrogen-bond donors (Lipinski definition) is 1. The van der Waals surface area contributed by atoms with Crippen LogP contribution in [0.1, 0.15) is 39.0 Å². The van der Waals surface area contributed by atoms with Crippen molar-refractivity contribution in [2.75, 3.05) is 7.11 Å². The van der Waals surface area contributed by atoms with Crippen molar-refractivity contribution >= 4 is 12.1 Å². The highest BCUT2D eigenvalue weighted by atomic mass is 16.6. The molecule has 0 aromatic heterocycles. The lowest BCUT2D eigenvalue weighted by Crippen LogP contribution is -2.48. The minimum Gasteiger partial charge on any atom is -0.497 e. The second-order valence-electron chi connectivity index (χ2n) is 8.11. The molecule has 0 radical (unpaired) electrons. The van der Waals surface area contributed by atoms with Gasteiger partial charge in [0.1, 0.15) is 11.4 Å². The van der Waals surface area contributed by atoms with Gasteiger partial charge < -0.3 is 19.3 Å². The van der Waals surface area contributed by atoms with E-state index in [4.69, 9.17) is 14.2 Å². The SMILES string of the molecule is COc1ccc(C2O[C@@H](C(=O)O)[C@H](C3C=CC=CC3)N2C(=O)OC(C)(C)C)cc1. The first-order valence-electron chi connectivity index (χ1n) is 9.58. The van der Waals surface area contributed by atoms with E-state index in [-0.39, 0.29) is 5.92 Å². The van der Waals surface area contributed by atoms with E-state index in [0.29, 0.717) is 17.7 Å². The Morgan fingerprint density at radius 1 is 1.17 bits per heavy atom. The Bertz CT molecular complexity index is 808. The van der Waals surface area contributed by atoms with Crippen LogP contribution in [0.25, 0.3) is 0 Å². The van der Waals surface area contributed by atoms with Crippen LogP contribution >= 0.6 is 0 Å². The van der Waals surface area contributed by atoms with Gasteiger partial charge in [-0.3, -0.25) is 4.90 Å². The summed E-state index contributed by atoms with van der Waals surface area (Å²) < 4.78 is 16.7. The topological polar surface area (TPSA) is 85.3 Å². The molecule has 4 atom stereocenters.